The molecule has 0 saturated heterocycles. The molecule has 0 aromatic carbocycles. The highest BCUT2D eigenvalue weighted by molar-refractivity contribution is 6.19. The van der Waals surface area contributed by atoms with Gasteiger partial charge in [-0.05, 0) is 0 Å². The van der Waals surface area contributed by atoms with Gasteiger partial charge in [0.1, 0.15) is 0 Å². The predicted octanol–water partition coefficient (Wildman–Crippen LogP) is 0.312. The number of carbonyl (C=O) groups excluding carboxylic acids is 1. The van der Waals surface area contributed by atoms with E-state index in [1.165, 1.54) is 6.47 Å². The van der Waals surface area contributed by atoms with Crippen LogP contribution in [0.4, 0.5) is 0 Å². The minimum absolute atomic E-state index is 0.0796. The molecule has 0 rings (SSSR count). The van der Waals surface area contributed by atoms with Gasteiger partial charge in [0.15, 0.2) is 6.61 Å². The molecule has 2 nitrogen and oxygen atoms in total. The molecule has 0 aliphatic carbocycles. The summed E-state index contributed by atoms with van der Waals surface area (Å²) < 4.78 is 4.10. The first-order valence-corrected chi connectivity index (χ1v) is 2.46. The van der Waals surface area contributed by atoms with E-state index in [2.05, 4.69) is 16.6 Å². The molecule has 0 fully saturated rings. The Hall–Kier alpha value is -0.680. The summed E-state index contributed by atoms with van der Waals surface area (Å²) >= 11 is 5.15. The molecule has 0 amide bonds. The van der Waals surface area contributed by atoms with Crippen LogP contribution in [0.1, 0.15) is 0 Å². The standard InChI is InChI=1S/C5H4ClO2/c6-3-1-2-4-8-5-7/h3-4H2. The van der Waals surface area contributed by atoms with Crippen molar-refractivity contribution >= 4 is 18.1 Å². The largest absolute Gasteiger partial charge is 0.444 e. The molecule has 8 heavy (non-hydrogen) atoms. The van der Waals surface area contributed by atoms with Crippen molar-refractivity contribution in [2.75, 3.05) is 12.5 Å². The second-order valence-corrected chi connectivity index (χ2v) is 1.13. The lowest BCUT2D eigenvalue weighted by atomic mass is 10.6. The molecule has 3 heteroatoms. The normalized spacial score (nSPS) is 6.62. The molecule has 1 radical (unpaired) electrons. The number of halogens is 1. The van der Waals surface area contributed by atoms with E-state index in [9.17, 15) is 4.79 Å². The zero-order valence-electron chi connectivity index (χ0n) is 4.11. The van der Waals surface area contributed by atoms with Crippen LogP contribution in [0.5, 0.6) is 0 Å². The smallest absolute Gasteiger partial charge is 0.418 e. The van der Waals surface area contributed by atoms with Crippen molar-refractivity contribution in [3.8, 4) is 11.8 Å². The third kappa shape index (κ3) is 5.32. The van der Waals surface area contributed by atoms with Crippen LogP contribution in [0.25, 0.3) is 0 Å². The highest BCUT2D eigenvalue weighted by atomic mass is 35.5. The summed E-state index contributed by atoms with van der Waals surface area (Å²) in [4.78, 5) is 9.32. The van der Waals surface area contributed by atoms with Gasteiger partial charge in [0.25, 0.3) is 0 Å². The molecule has 0 spiro atoms. The first kappa shape index (κ1) is 7.32. The summed E-state index contributed by atoms with van der Waals surface area (Å²) in [5, 5.41) is 0. The lowest BCUT2D eigenvalue weighted by Crippen LogP contribution is -1.85. The summed E-state index contributed by atoms with van der Waals surface area (Å²) in [7, 11) is 0. The summed E-state index contributed by atoms with van der Waals surface area (Å²) in [6, 6.07) is 0. The first-order chi connectivity index (χ1) is 3.91. The Morgan fingerprint density at radius 1 is 1.50 bits per heavy atom. The maximum atomic E-state index is 9.32. The van der Waals surface area contributed by atoms with Crippen molar-refractivity contribution in [1.29, 1.82) is 0 Å². The first-order valence-electron chi connectivity index (χ1n) is 1.92. The minimum atomic E-state index is 0.0796. The fraction of sp³-hybridized carbons (Fsp3) is 0.400. The molecule has 0 N–H and O–H groups in total. The number of hydrogen-bond acceptors (Lipinski definition) is 2. The predicted molar refractivity (Wildman–Crippen MR) is 30.1 cm³/mol. The Bertz CT molecular complexity index is 111. The average molecular weight is 132 g/mol. The van der Waals surface area contributed by atoms with Gasteiger partial charge in [-0.3, -0.25) is 0 Å². The quantitative estimate of drug-likeness (QED) is 0.306. The highest BCUT2D eigenvalue weighted by Crippen LogP contribution is 1.68. The van der Waals surface area contributed by atoms with Gasteiger partial charge in [-0.15, -0.1) is 11.6 Å². The molecule has 0 atom stereocenters. The second kappa shape index (κ2) is 6.32. The number of alkyl halides is 1. The van der Waals surface area contributed by atoms with E-state index in [-0.39, 0.29) is 12.5 Å². The zero-order chi connectivity index (χ0) is 6.24. The van der Waals surface area contributed by atoms with Crippen molar-refractivity contribution in [2.24, 2.45) is 0 Å². The van der Waals surface area contributed by atoms with Crippen LogP contribution >= 0.6 is 11.6 Å². The number of ether oxygens (including phenoxy) is 1. The van der Waals surface area contributed by atoms with Crippen molar-refractivity contribution < 1.29 is 9.53 Å². The van der Waals surface area contributed by atoms with Gasteiger partial charge in [0, 0.05) is 0 Å². The highest BCUT2D eigenvalue weighted by Gasteiger charge is 1.72. The SMILES string of the molecule is O=[C]OCC#CCCl. The second-order valence-electron chi connectivity index (χ2n) is 0.859. The van der Waals surface area contributed by atoms with Crippen LogP contribution < -0.4 is 0 Å². The van der Waals surface area contributed by atoms with E-state index in [0.29, 0.717) is 0 Å². The van der Waals surface area contributed by atoms with Crippen LogP contribution in [0.2, 0.25) is 0 Å². The molecule has 43 valence electrons. The summed E-state index contributed by atoms with van der Waals surface area (Å²) in [5.74, 6) is 5.23. The van der Waals surface area contributed by atoms with E-state index in [4.69, 9.17) is 11.6 Å². The van der Waals surface area contributed by atoms with Crippen molar-refractivity contribution in [3.63, 3.8) is 0 Å². The van der Waals surface area contributed by atoms with Crippen LogP contribution in [-0.2, 0) is 9.53 Å². The molecule has 0 aliphatic rings. The van der Waals surface area contributed by atoms with Crippen molar-refractivity contribution in [2.45, 2.75) is 0 Å². The van der Waals surface area contributed by atoms with Crippen LogP contribution in [0.15, 0.2) is 0 Å². The van der Waals surface area contributed by atoms with Crippen LogP contribution in [0, 0.1) is 11.8 Å². The van der Waals surface area contributed by atoms with Gasteiger partial charge in [0.05, 0.1) is 5.88 Å². The molecule has 0 aliphatic heterocycles. The molecule has 0 heterocycles. The topological polar surface area (TPSA) is 26.3 Å². The van der Waals surface area contributed by atoms with Crippen LogP contribution in [0.3, 0.4) is 0 Å². The molecule has 0 aromatic heterocycles. The fourth-order valence-corrected chi connectivity index (χ4v) is 0.258. The number of rotatable bonds is 2. The summed E-state index contributed by atoms with van der Waals surface area (Å²) in [6.45, 7) is 1.31. The van der Waals surface area contributed by atoms with Gasteiger partial charge in [-0.1, -0.05) is 11.8 Å². The van der Waals surface area contributed by atoms with E-state index in [1.807, 2.05) is 0 Å². The number of hydrogen-bond donors (Lipinski definition) is 0. The fourth-order valence-electron chi connectivity index (χ4n) is 0.164. The minimum Gasteiger partial charge on any atom is -0.444 e. The van der Waals surface area contributed by atoms with Gasteiger partial charge in [-0.2, -0.15) is 0 Å². The van der Waals surface area contributed by atoms with Gasteiger partial charge >= 0.3 is 6.47 Å². The van der Waals surface area contributed by atoms with Crippen molar-refractivity contribution in [3.05, 3.63) is 0 Å². The molecule has 0 unspecified atom stereocenters. The maximum absolute atomic E-state index is 9.32. The monoisotopic (exact) mass is 131 g/mol. The molecule has 0 saturated carbocycles. The lowest BCUT2D eigenvalue weighted by molar-refractivity contribution is 0.319. The Morgan fingerprint density at radius 3 is 2.75 bits per heavy atom. The molecule has 0 bridgehead atoms. The van der Waals surface area contributed by atoms with Gasteiger partial charge in [-0.25, -0.2) is 4.79 Å². The zero-order valence-corrected chi connectivity index (χ0v) is 4.86. The Balaban J connectivity index is 3.02. The summed E-state index contributed by atoms with van der Waals surface area (Å²) in [6.07, 6.45) is 0. The third-order valence-electron chi connectivity index (χ3n) is 0.395. The molecular formula is C5H4ClO2. The van der Waals surface area contributed by atoms with E-state index < -0.39 is 0 Å². The molecular weight excluding hydrogens is 128 g/mol. The van der Waals surface area contributed by atoms with E-state index in [1.54, 1.807) is 0 Å². The average Bonchev–Trinajstić information content (AvgIpc) is 1.81. The van der Waals surface area contributed by atoms with Crippen LogP contribution in [-0.4, -0.2) is 19.0 Å². The van der Waals surface area contributed by atoms with E-state index >= 15 is 0 Å². The Labute approximate surface area is 52.8 Å². The maximum Gasteiger partial charge on any atom is 0.418 e. The summed E-state index contributed by atoms with van der Waals surface area (Å²) in [5.41, 5.74) is 0. The van der Waals surface area contributed by atoms with Crippen molar-refractivity contribution in [1.82, 2.24) is 0 Å². The Kier molecular flexibility index (Phi) is 5.78. The van der Waals surface area contributed by atoms with E-state index in [0.717, 1.165) is 0 Å². The lowest BCUT2D eigenvalue weighted by Gasteiger charge is -1.79. The van der Waals surface area contributed by atoms with Gasteiger partial charge in [0.2, 0.25) is 0 Å². The Morgan fingerprint density at radius 2 is 2.25 bits per heavy atom. The molecule has 0 aromatic rings. The third-order valence-corrected chi connectivity index (χ3v) is 0.529. The van der Waals surface area contributed by atoms with Gasteiger partial charge < -0.3 is 4.74 Å².